The number of hydrogen-bond donors (Lipinski definition) is 7. The molecule has 0 bridgehead atoms. The van der Waals surface area contributed by atoms with Crippen LogP contribution in [0.1, 0.15) is 45.4 Å². The van der Waals surface area contributed by atoms with E-state index in [1.165, 1.54) is 21.3 Å². The number of methoxy groups -OCH3 is 3. The minimum atomic E-state index is -1.60. The van der Waals surface area contributed by atoms with Crippen LogP contribution in [-0.4, -0.2) is 119 Å². The van der Waals surface area contributed by atoms with E-state index in [2.05, 4.69) is 4.98 Å². The second kappa shape index (κ2) is 17.9. The highest BCUT2D eigenvalue weighted by Gasteiger charge is 2.45. The SMILES string of the molecule is COc1[nH]c(C/C=C(\C)C[C@H](O)[C@H](OC)/C(C)=C/[C@@H](C)[C@@H](O[C@@H]2O[C@H](CO)[C@@H](O)[C@H](O)[C@H]2O)/C(C)=C/CO)c(C)c(=O)c1OC. The minimum absolute atomic E-state index is 0.108. The summed E-state index contributed by atoms with van der Waals surface area (Å²) in [5.74, 6) is -0.0508. The first-order chi connectivity index (χ1) is 21.2. The minimum Gasteiger partial charge on any atom is -0.488 e. The largest absolute Gasteiger partial charge is 0.488 e. The Labute approximate surface area is 264 Å². The van der Waals surface area contributed by atoms with Crippen molar-refractivity contribution in [3.63, 3.8) is 0 Å². The van der Waals surface area contributed by atoms with E-state index < -0.39 is 61.5 Å². The van der Waals surface area contributed by atoms with Crippen molar-refractivity contribution in [3.8, 4) is 11.6 Å². The Morgan fingerprint density at radius 3 is 2.20 bits per heavy atom. The standard InChI is InChI=1S/C32H51NO12/c1-16(9-10-21-20(5)24(37)30(42-7)31(33-21)43-8)13-22(36)29(41-6)19(4)14-18(3)28(17(2)11-12-34)45-32-27(40)26(39)25(38)23(15-35)44-32/h9,11,14,18,22-23,25-29,32,34-36,38-40H,10,12-13,15H2,1-8H3,(H,33,37)/b16-9+,17-11+,19-14+/t18-,22+,23-,25-,26+,27-,28+,29-,32+/m1/s1. The van der Waals surface area contributed by atoms with Gasteiger partial charge in [0.05, 0.1) is 39.6 Å². The maximum atomic E-state index is 12.6. The highest BCUT2D eigenvalue weighted by atomic mass is 16.7. The van der Waals surface area contributed by atoms with E-state index in [0.29, 0.717) is 28.8 Å². The van der Waals surface area contributed by atoms with Gasteiger partial charge >= 0.3 is 0 Å². The molecule has 1 aromatic rings. The summed E-state index contributed by atoms with van der Waals surface area (Å²) in [6.45, 7) is 8.09. The van der Waals surface area contributed by atoms with Gasteiger partial charge < -0.3 is 59.3 Å². The first-order valence-electron chi connectivity index (χ1n) is 14.9. The summed E-state index contributed by atoms with van der Waals surface area (Å²) in [6.07, 6.45) is -3.60. The molecule has 256 valence electrons. The zero-order chi connectivity index (χ0) is 34.0. The fraction of sp³-hybridized carbons (Fsp3) is 0.656. The molecule has 1 saturated heterocycles. The quantitative estimate of drug-likeness (QED) is 0.125. The lowest BCUT2D eigenvalue weighted by Crippen LogP contribution is -2.60. The average molecular weight is 642 g/mol. The zero-order valence-electron chi connectivity index (χ0n) is 27.4. The van der Waals surface area contributed by atoms with Crippen LogP contribution in [0, 0.1) is 12.8 Å². The molecule has 1 aromatic heterocycles. The molecule has 0 aliphatic carbocycles. The highest BCUT2D eigenvalue weighted by Crippen LogP contribution is 2.29. The number of hydrogen-bond acceptors (Lipinski definition) is 12. The number of aliphatic hydroxyl groups excluding tert-OH is 6. The van der Waals surface area contributed by atoms with Crippen LogP contribution in [0.15, 0.2) is 39.7 Å². The molecule has 0 aromatic carbocycles. The predicted octanol–water partition coefficient (Wildman–Crippen LogP) is 0.661. The zero-order valence-corrected chi connectivity index (χ0v) is 27.4. The van der Waals surface area contributed by atoms with Crippen LogP contribution in [0.4, 0.5) is 0 Å². The number of aliphatic hydroxyl groups is 6. The van der Waals surface area contributed by atoms with Gasteiger partial charge in [0.1, 0.15) is 30.5 Å². The van der Waals surface area contributed by atoms with E-state index in [-0.39, 0.29) is 30.1 Å². The molecule has 0 amide bonds. The monoisotopic (exact) mass is 641 g/mol. The van der Waals surface area contributed by atoms with Crippen LogP contribution in [0.25, 0.3) is 0 Å². The summed E-state index contributed by atoms with van der Waals surface area (Å²) in [6, 6.07) is 0. The maximum Gasteiger partial charge on any atom is 0.238 e. The summed E-state index contributed by atoms with van der Waals surface area (Å²) in [7, 11) is 4.34. The Morgan fingerprint density at radius 2 is 1.64 bits per heavy atom. The van der Waals surface area contributed by atoms with E-state index in [9.17, 15) is 35.4 Å². The summed E-state index contributed by atoms with van der Waals surface area (Å²) >= 11 is 0. The lowest BCUT2D eigenvalue weighted by Gasteiger charge is -2.41. The third-order valence-corrected chi connectivity index (χ3v) is 8.11. The Morgan fingerprint density at radius 1 is 0.978 bits per heavy atom. The third kappa shape index (κ3) is 9.70. The molecule has 0 spiro atoms. The van der Waals surface area contributed by atoms with Crippen molar-refractivity contribution in [2.75, 3.05) is 34.5 Å². The van der Waals surface area contributed by atoms with Gasteiger partial charge in [0.25, 0.3) is 0 Å². The number of allylic oxidation sites excluding steroid dienone is 1. The molecular formula is C32H51NO12. The van der Waals surface area contributed by atoms with Gasteiger partial charge in [-0.2, -0.15) is 0 Å². The lowest BCUT2D eigenvalue weighted by molar-refractivity contribution is -0.310. The van der Waals surface area contributed by atoms with E-state index in [1.54, 1.807) is 26.8 Å². The van der Waals surface area contributed by atoms with E-state index in [1.807, 2.05) is 26.0 Å². The van der Waals surface area contributed by atoms with Gasteiger partial charge in [0, 0.05) is 30.7 Å². The van der Waals surface area contributed by atoms with E-state index in [4.69, 9.17) is 23.7 Å². The molecule has 45 heavy (non-hydrogen) atoms. The van der Waals surface area contributed by atoms with Crippen molar-refractivity contribution in [2.24, 2.45) is 5.92 Å². The highest BCUT2D eigenvalue weighted by molar-refractivity contribution is 5.40. The Kier molecular flexibility index (Phi) is 15.4. The maximum absolute atomic E-state index is 12.6. The number of H-pyrrole nitrogens is 1. The molecule has 1 aliphatic rings. The molecule has 0 unspecified atom stereocenters. The van der Waals surface area contributed by atoms with Gasteiger partial charge in [0.2, 0.25) is 17.1 Å². The number of nitrogens with one attached hydrogen (secondary N) is 1. The topological polar surface area (TPSA) is 200 Å². The van der Waals surface area contributed by atoms with E-state index in [0.717, 1.165) is 5.57 Å². The molecule has 2 heterocycles. The fourth-order valence-corrected chi connectivity index (χ4v) is 5.50. The summed E-state index contributed by atoms with van der Waals surface area (Å²) in [5.41, 5.74) is 3.09. The Balaban J connectivity index is 2.22. The second-order valence-corrected chi connectivity index (χ2v) is 11.5. The summed E-state index contributed by atoms with van der Waals surface area (Å²) in [4.78, 5) is 15.7. The van der Waals surface area contributed by atoms with Gasteiger partial charge in [-0.1, -0.05) is 30.7 Å². The average Bonchev–Trinajstić information content (AvgIpc) is 3.00. The first kappa shape index (κ1) is 38.6. The van der Waals surface area contributed by atoms with E-state index >= 15 is 0 Å². The van der Waals surface area contributed by atoms with Crippen molar-refractivity contribution in [3.05, 3.63) is 56.4 Å². The third-order valence-electron chi connectivity index (χ3n) is 8.11. The van der Waals surface area contributed by atoms with Crippen LogP contribution in [0.2, 0.25) is 0 Å². The molecule has 1 fully saturated rings. The summed E-state index contributed by atoms with van der Waals surface area (Å²) in [5, 5.41) is 61.0. The predicted molar refractivity (Wildman–Crippen MR) is 166 cm³/mol. The van der Waals surface area contributed by atoms with Gasteiger partial charge in [-0.05, 0) is 45.3 Å². The molecular weight excluding hydrogens is 590 g/mol. The van der Waals surface area contributed by atoms with Gasteiger partial charge in [-0.3, -0.25) is 4.79 Å². The molecule has 1 aliphatic heterocycles. The number of aromatic amines is 1. The van der Waals surface area contributed by atoms with Crippen molar-refractivity contribution < 1.29 is 54.3 Å². The lowest BCUT2D eigenvalue weighted by atomic mass is 9.91. The van der Waals surface area contributed by atoms with Crippen LogP contribution < -0.4 is 14.9 Å². The fourth-order valence-electron chi connectivity index (χ4n) is 5.50. The molecule has 2 rings (SSSR count). The summed E-state index contributed by atoms with van der Waals surface area (Å²) < 4.78 is 27.7. The van der Waals surface area contributed by atoms with Gasteiger partial charge in [0.15, 0.2) is 6.29 Å². The van der Waals surface area contributed by atoms with Crippen molar-refractivity contribution >= 4 is 0 Å². The number of pyridine rings is 1. The van der Waals surface area contributed by atoms with Gasteiger partial charge in [-0.25, -0.2) is 0 Å². The smallest absolute Gasteiger partial charge is 0.238 e. The Bertz CT molecular complexity index is 1240. The molecule has 0 radical (unpaired) electrons. The van der Waals surface area contributed by atoms with Crippen molar-refractivity contribution in [1.29, 1.82) is 0 Å². The first-order valence-corrected chi connectivity index (χ1v) is 14.9. The molecule has 9 atom stereocenters. The molecule has 0 saturated carbocycles. The number of rotatable bonds is 16. The Hall–Kier alpha value is -2.59. The van der Waals surface area contributed by atoms with Crippen molar-refractivity contribution in [2.45, 2.75) is 96.5 Å². The number of ether oxygens (including phenoxy) is 5. The van der Waals surface area contributed by atoms with Crippen LogP contribution in [0.3, 0.4) is 0 Å². The molecule has 13 heteroatoms. The van der Waals surface area contributed by atoms with Crippen LogP contribution in [-0.2, 0) is 20.6 Å². The van der Waals surface area contributed by atoms with Gasteiger partial charge in [-0.15, -0.1) is 0 Å². The van der Waals surface area contributed by atoms with Crippen molar-refractivity contribution in [1.82, 2.24) is 4.98 Å². The normalized spacial score (nSPS) is 25.9. The number of aromatic nitrogens is 1. The molecule has 7 N–H and O–H groups in total. The van der Waals surface area contributed by atoms with Crippen LogP contribution >= 0.6 is 0 Å². The van der Waals surface area contributed by atoms with Crippen LogP contribution in [0.5, 0.6) is 11.6 Å². The second-order valence-electron chi connectivity index (χ2n) is 11.5. The molecule has 13 nitrogen and oxygen atoms in total.